The minimum atomic E-state index is -4.53. The zero-order valence-electron chi connectivity index (χ0n) is 13.0. The first-order valence-electron chi connectivity index (χ1n) is 7.33. The Labute approximate surface area is 144 Å². The fourth-order valence-corrected chi connectivity index (χ4v) is 2.32. The molecule has 3 rings (SSSR count). The molecule has 136 valence electrons. The molecule has 0 fully saturated rings. The normalized spacial score (nSPS) is 11.5. The summed E-state index contributed by atoms with van der Waals surface area (Å²) < 4.78 is 57.0. The van der Waals surface area contributed by atoms with Crippen molar-refractivity contribution in [3.05, 3.63) is 54.0 Å². The molecule has 3 aromatic rings. The number of benzene rings is 2. The Morgan fingerprint density at radius 1 is 1.04 bits per heavy atom. The van der Waals surface area contributed by atoms with E-state index in [2.05, 4.69) is 10.2 Å². The van der Waals surface area contributed by atoms with Gasteiger partial charge in [0.1, 0.15) is 28.8 Å². The van der Waals surface area contributed by atoms with Gasteiger partial charge < -0.3 is 14.9 Å². The number of aromatic nitrogens is 2. The second kappa shape index (κ2) is 6.58. The summed E-state index contributed by atoms with van der Waals surface area (Å²) in [6.45, 7) is 0. The van der Waals surface area contributed by atoms with Gasteiger partial charge in [0.2, 0.25) is 0 Å². The highest BCUT2D eigenvalue weighted by Crippen LogP contribution is 2.41. The van der Waals surface area contributed by atoms with Gasteiger partial charge in [-0.3, -0.25) is 5.10 Å². The van der Waals surface area contributed by atoms with Crippen LogP contribution in [-0.2, 0) is 6.42 Å². The minimum absolute atomic E-state index is 0.0598. The molecule has 0 saturated heterocycles. The Morgan fingerprint density at radius 2 is 1.73 bits per heavy atom. The smallest absolute Gasteiger partial charge is 0.394 e. The molecular formula is C17H12F4N2O3. The average Bonchev–Trinajstić information content (AvgIpc) is 2.90. The number of nitrogens with one attached hydrogen (secondary N) is 1. The molecule has 0 aliphatic rings. The molecule has 0 bridgehead atoms. The van der Waals surface area contributed by atoms with Crippen molar-refractivity contribution in [1.82, 2.24) is 10.2 Å². The minimum Gasteiger partial charge on any atom is -0.508 e. The molecule has 0 radical (unpaired) electrons. The summed E-state index contributed by atoms with van der Waals surface area (Å²) in [5.41, 5.74) is -0.375. The van der Waals surface area contributed by atoms with Crippen LogP contribution in [0.15, 0.2) is 42.5 Å². The first-order chi connectivity index (χ1) is 12.2. The number of phenols is 2. The maximum Gasteiger partial charge on any atom is 0.394 e. The third-order valence-corrected chi connectivity index (χ3v) is 3.44. The van der Waals surface area contributed by atoms with Crippen LogP contribution in [-0.4, -0.2) is 26.6 Å². The van der Waals surface area contributed by atoms with Gasteiger partial charge in [0.15, 0.2) is 5.75 Å². The number of ether oxygens (including phenoxy) is 1. The van der Waals surface area contributed by atoms with E-state index in [1.54, 1.807) is 0 Å². The van der Waals surface area contributed by atoms with E-state index in [-0.39, 0.29) is 39.9 Å². The second-order valence-corrected chi connectivity index (χ2v) is 5.43. The number of halogens is 4. The van der Waals surface area contributed by atoms with Crippen molar-refractivity contribution in [2.75, 3.05) is 0 Å². The Morgan fingerprint density at radius 3 is 2.35 bits per heavy atom. The van der Waals surface area contributed by atoms with Crippen molar-refractivity contribution in [1.29, 1.82) is 0 Å². The summed E-state index contributed by atoms with van der Waals surface area (Å²) in [5, 5.41) is 25.4. The number of aromatic amines is 1. The second-order valence-electron chi connectivity index (χ2n) is 5.43. The lowest BCUT2D eigenvalue weighted by atomic mass is 10.1. The van der Waals surface area contributed by atoms with E-state index in [0.29, 0.717) is 0 Å². The van der Waals surface area contributed by atoms with Crippen LogP contribution in [0.2, 0.25) is 0 Å². The van der Waals surface area contributed by atoms with Gasteiger partial charge in [0.05, 0.1) is 12.1 Å². The van der Waals surface area contributed by atoms with E-state index >= 15 is 0 Å². The maximum absolute atomic E-state index is 13.0. The summed E-state index contributed by atoms with van der Waals surface area (Å²) in [4.78, 5) is 0. The van der Waals surface area contributed by atoms with Gasteiger partial charge in [0.25, 0.3) is 0 Å². The van der Waals surface area contributed by atoms with Crippen LogP contribution < -0.4 is 4.74 Å². The summed E-state index contributed by atoms with van der Waals surface area (Å²) in [7, 11) is 0. The number of hydrogen-bond acceptors (Lipinski definition) is 4. The standard InChI is InChI=1S/C17H12F4N2O3/c18-9-1-4-11(5-2-9)26-16-13(8-17(19,20)21)22-23-15(16)12-6-3-10(24)7-14(12)25/h1-7,24-25H,8H2,(H,22,23). The van der Waals surface area contributed by atoms with Gasteiger partial charge in [0, 0.05) is 11.6 Å². The highest BCUT2D eigenvalue weighted by atomic mass is 19.4. The van der Waals surface area contributed by atoms with E-state index < -0.39 is 18.4 Å². The van der Waals surface area contributed by atoms with Crippen LogP contribution in [0.1, 0.15) is 5.69 Å². The summed E-state index contributed by atoms with van der Waals surface area (Å²) in [6.07, 6.45) is -5.86. The van der Waals surface area contributed by atoms with E-state index in [1.807, 2.05) is 0 Å². The van der Waals surface area contributed by atoms with Gasteiger partial charge in [-0.1, -0.05) is 0 Å². The number of nitrogens with zero attached hydrogens (tertiary/aromatic N) is 1. The molecule has 3 N–H and O–H groups in total. The lowest BCUT2D eigenvalue weighted by Crippen LogP contribution is -2.12. The molecule has 1 heterocycles. The Kier molecular flexibility index (Phi) is 4.45. The SMILES string of the molecule is Oc1ccc(-c2n[nH]c(CC(F)(F)F)c2Oc2ccc(F)cc2)c(O)c1. The molecule has 5 nitrogen and oxygen atoms in total. The van der Waals surface area contributed by atoms with Gasteiger partial charge in [-0.15, -0.1) is 0 Å². The van der Waals surface area contributed by atoms with Crippen molar-refractivity contribution in [2.24, 2.45) is 0 Å². The van der Waals surface area contributed by atoms with Crippen LogP contribution in [0.4, 0.5) is 17.6 Å². The molecule has 0 amide bonds. The van der Waals surface area contributed by atoms with Crippen molar-refractivity contribution in [3.8, 4) is 34.3 Å². The lowest BCUT2D eigenvalue weighted by molar-refractivity contribution is -0.128. The Bertz CT molecular complexity index is 921. The molecule has 0 aliphatic carbocycles. The van der Waals surface area contributed by atoms with E-state index in [4.69, 9.17) is 4.74 Å². The zero-order chi connectivity index (χ0) is 18.9. The van der Waals surface area contributed by atoms with Crippen molar-refractivity contribution >= 4 is 0 Å². The number of rotatable bonds is 4. The molecule has 2 aromatic carbocycles. The number of aromatic hydroxyl groups is 2. The number of hydrogen-bond donors (Lipinski definition) is 3. The predicted molar refractivity (Wildman–Crippen MR) is 83.6 cm³/mol. The molecule has 0 spiro atoms. The van der Waals surface area contributed by atoms with Gasteiger partial charge in [-0.2, -0.15) is 18.3 Å². The average molecular weight is 368 g/mol. The van der Waals surface area contributed by atoms with E-state index in [0.717, 1.165) is 18.2 Å². The number of phenolic OH excluding ortho intramolecular Hbond substituents is 2. The molecular weight excluding hydrogens is 356 g/mol. The molecule has 0 aliphatic heterocycles. The van der Waals surface area contributed by atoms with Crippen LogP contribution in [0.25, 0.3) is 11.3 Å². The lowest BCUT2D eigenvalue weighted by Gasteiger charge is -2.11. The molecule has 26 heavy (non-hydrogen) atoms. The first-order valence-corrected chi connectivity index (χ1v) is 7.33. The van der Waals surface area contributed by atoms with Gasteiger partial charge in [-0.25, -0.2) is 4.39 Å². The molecule has 9 heteroatoms. The van der Waals surface area contributed by atoms with E-state index in [1.165, 1.54) is 24.3 Å². The van der Waals surface area contributed by atoms with Crippen molar-refractivity contribution < 1.29 is 32.5 Å². The quantitative estimate of drug-likeness (QED) is 0.592. The van der Waals surface area contributed by atoms with Crippen LogP contribution in [0.5, 0.6) is 23.0 Å². The fraction of sp³-hybridized carbons (Fsp3) is 0.118. The monoisotopic (exact) mass is 368 g/mol. The summed E-state index contributed by atoms with van der Waals surface area (Å²) >= 11 is 0. The van der Waals surface area contributed by atoms with Crippen molar-refractivity contribution in [2.45, 2.75) is 12.6 Å². The summed E-state index contributed by atoms with van der Waals surface area (Å²) in [5.74, 6) is -1.31. The Hall–Kier alpha value is -3.23. The third-order valence-electron chi connectivity index (χ3n) is 3.44. The topological polar surface area (TPSA) is 78.4 Å². The first kappa shape index (κ1) is 17.6. The fourth-order valence-electron chi connectivity index (χ4n) is 2.32. The van der Waals surface area contributed by atoms with Crippen LogP contribution in [0.3, 0.4) is 0 Å². The van der Waals surface area contributed by atoms with Crippen LogP contribution in [0, 0.1) is 5.82 Å². The maximum atomic E-state index is 13.0. The highest BCUT2D eigenvalue weighted by Gasteiger charge is 2.32. The van der Waals surface area contributed by atoms with Gasteiger partial charge in [-0.05, 0) is 36.4 Å². The predicted octanol–water partition coefficient (Wildman–Crippen LogP) is 4.52. The summed E-state index contributed by atoms with van der Waals surface area (Å²) in [6, 6.07) is 8.24. The number of H-pyrrole nitrogens is 1. The Balaban J connectivity index is 2.07. The van der Waals surface area contributed by atoms with Crippen LogP contribution >= 0.6 is 0 Å². The third kappa shape index (κ3) is 3.88. The van der Waals surface area contributed by atoms with E-state index in [9.17, 15) is 27.8 Å². The number of alkyl halides is 3. The molecule has 1 aromatic heterocycles. The largest absolute Gasteiger partial charge is 0.508 e. The zero-order valence-corrected chi connectivity index (χ0v) is 13.0. The van der Waals surface area contributed by atoms with Gasteiger partial charge >= 0.3 is 6.18 Å². The molecule has 0 saturated carbocycles. The molecule has 0 unspecified atom stereocenters. The molecule has 0 atom stereocenters. The highest BCUT2D eigenvalue weighted by molar-refractivity contribution is 5.74. The van der Waals surface area contributed by atoms with Crippen molar-refractivity contribution in [3.63, 3.8) is 0 Å².